The van der Waals surface area contributed by atoms with Gasteiger partial charge in [-0.2, -0.15) is 0 Å². The van der Waals surface area contributed by atoms with Gasteiger partial charge in [0, 0.05) is 49.7 Å². The highest BCUT2D eigenvalue weighted by molar-refractivity contribution is 6.74. The maximum Gasteiger partial charge on any atom is 0.198 e. The third-order valence-corrected chi connectivity index (χ3v) is 11.8. The highest BCUT2D eigenvalue weighted by Crippen LogP contribution is 2.44. The fourth-order valence-corrected chi connectivity index (χ4v) is 8.92. The van der Waals surface area contributed by atoms with Crippen molar-refractivity contribution >= 4 is 73.3 Å². The van der Waals surface area contributed by atoms with Gasteiger partial charge in [0.15, 0.2) is 7.28 Å². The maximum absolute atomic E-state index is 6.50. The normalized spacial score (nSPS) is 12.4. The van der Waals surface area contributed by atoms with Gasteiger partial charge in [-0.05, 0) is 106 Å². The van der Waals surface area contributed by atoms with Crippen LogP contribution in [0.25, 0.3) is 71.7 Å². The molecule has 0 spiro atoms. The number of nitrogens with zero attached hydrogens (tertiary/aromatic N) is 1. The summed E-state index contributed by atoms with van der Waals surface area (Å²) in [4.78, 5) is 0. The predicted octanol–water partition coefficient (Wildman–Crippen LogP) is 12.5. The van der Waals surface area contributed by atoms with Crippen LogP contribution in [0.15, 0.2) is 144 Å². The molecule has 7 aromatic carbocycles. The molecule has 1 aliphatic heterocycles. The van der Waals surface area contributed by atoms with Crippen molar-refractivity contribution in [2.75, 3.05) is 5.32 Å². The van der Waals surface area contributed by atoms with E-state index in [0.29, 0.717) is 0 Å². The lowest BCUT2D eigenvalue weighted by Crippen LogP contribution is -2.37. The molecule has 0 saturated heterocycles. The van der Waals surface area contributed by atoms with Crippen LogP contribution < -0.4 is 16.2 Å². The van der Waals surface area contributed by atoms with Gasteiger partial charge in [-0.1, -0.05) is 131 Å². The minimum Gasteiger partial charge on any atom is -0.456 e. The van der Waals surface area contributed by atoms with E-state index in [-0.39, 0.29) is 5.41 Å². The second-order valence-electron chi connectivity index (χ2n) is 16.4. The first-order valence-corrected chi connectivity index (χ1v) is 20.0. The topological polar surface area (TPSA) is 30.1 Å². The Labute approximate surface area is 323 Å². The summed E-state index contributed by atoms with van der Waals surface area (Å²) in [7, 11) is 0.798. The van der Waals surface area contributed by atoms with Gasteiger partial charge in [-0.25, -0.2) is 0 Å². The third-order valence-electron chi connectivity index (χ3n) is 11.8. The number of aromatic nitrogens is 1. The second-order valence-corrected chi connectivity index (χ2v) is 16.4. The minimum absolute atomic E-state index is 0.0105. The fourth-order valence-electron chi connectivity index (χ4n) is 8.92. The standard InChI is InChI=1S/C51H45BN2O/c1-5-6-8-15-32-22-25-35(26-23-32)53-43-20-13-11-18-36(43)40-29-38(33-16-9-7-10-17-33)48-41-28-34(51(2,3)4)24-27-44(41)54-45-30-39-37-19-12-14-21-46(37)55-47(39)31-42(45)52-49(40)50(48)54/h7,9-14,16-31,52-53H,5-6,8,15H2,1-4H3. The van der Waals surface area contributed by atoms with Gasteiger partial charge in [0.2, 0.25) is 0 Å². The molecule has 1 N–H and O–H groups in total. The summed E-state index contributed by atoms with van der Waals surface area (Å²) >= 11 is 0. The number of benzene rings is 7. The Balaban J connectivity index is 1.25. The van der Waals surface area contributed by atoms with Crippen molar-refractivity contribution in [2.45, 2.75) is 58.8 Å². The van der Waals surface area contributed by atoms with Crippen molar-refractivity contribution in [3.63, 3.8) is 0 Å². The fraction of sp³-hybridized carbons (Fsp3) is 0.176. The van der Waals surface area contributed by atoms with Crippen LogP contribution in [0.4, 0.5) is 11.4 Å². The Morgan fingerprint density at radius 2 is 1.44 bits per heavy atom. The van der Waals surface area contributed by atoms with Crippen molar-refractivity contribution in [1.82, 2.24) is 4.57 Å². The van der Waals surface area contributed by atoms with Crippen molar-refractivity contribution in [1.29, 1.82) is 0 Å². The Hall–Kier alpha value is -6.00. The number of furan rings is 1. The van der Waals surface area contributed by atoms with Crippen LogP contribution in [-0.2, 0) is 11.8 Å². The van der Waals surface area contributed by atoms with Crippen LogP contribution in [0.3, 0.4) is 0 Å². The van der Waals surface area contributed by atoms with Gasteiger partial charge < -0.3 is 14.3 Å². The molecule has 0 saturated carbocycles. The SMILES string of the molecule is CCCCCc1ccc(Nc2ccccc2-c2cc(-c3ccccc3)c3c4cc(C(C)(C)C)ccc4n4c3c2Bc2cc3oc5ccccc5c3cc2-4)cc1. The Morgan fingerprint density at radius 3 is 2.25 bits per heavy atom. The second kappa shape index (κ2) is 13.1. The summed E-state index contributed by atoms with van der Waals surface area (Å²) in [5.41, 5.74) is 18.1. The molecule has 4 heteroatoms. The number of hydrogen-bond donors (Lipinski definition) is 1. The minimum atomic E-state index is 0.0105. The molecule has 2 aromatic heterocycles. The number of para-hydroxylation sites is 2. The predicted molar refractivity (Wildman–Crippen MR) is 237 cm³/mol. The Kier molecular flexibility index (Phi) is 7.99. The Bertz CT molecular complexity index is 2910. The van der Waals surface area contributed by atoms with Gasteiger partial charge in [0.05, 0.1) is 5.52 Å². The van der Waals surface area contributed by atoms with Crippen LogP contribution in [0.1, 0.15) is 58.1 Å². The van der Waals surface area contributed by atoms with Crippen molar-refractivity contribution < 1.29 is 4.42 Å². The maximum atomic E-state index is 6.50. The average molecular weight is 713 g/mol. The smallest absolute Gasteiger partial charge is 0.198 e. The number of rotatable bonds is 8. The molecule has 0 aliphatic carbocycles. The molecule has 9 aromatic rings. The molecular weight excluding hydrogens is 667 g/mol. The first-order chi connectivity index (χ1) is 26.9. The molecule has 0 atom stereocenters. The molecule has 0 radical (unpaired) electrons. The molecule has 0 fully saturated rings. The Morgan fingerprint density at radius 1 is 0.655 bits per heavy atom. The van der Waals surface area contributed by atoms with Gasteiger partial charge in [0.1, 0.15) is 11.2 Å². The molecule has 3 nitrogen and oxygen atoms in total. The van der Waals surface area contributed by atoms with E-state index >= 15 is 0 Å². The molecule has 3 heterocycles. The van der Waals surface area contributed by atoms with E-state index < -0.39 is 0 Å². The quantitative estimate of drug-likeness (QED) is 0.126. The van der Waals surface area contributed by atoms with E-state index in [4.69, 9.17) is 4.42 Å². The highest BCUT2D eigenvalue weighted by atomic mass is 16.3. The molecule has 10 rings (SSSR count). The van der Waals surface area contributed by atoms with Crippen molar-refractivity contribution in [3.05, 3.63) is 151 Å². The number of hydrogen-bond acceptors (Lipinski definition) is 2. The van der Waals surface area contributed by atoms with Crippen LogP contribution in [0.5, 0.6) is 0 Å². The van der Waals surface area contributed by atoms with E-state index in [1.54, 1.807) is 0 Å². The first-order valence-electron chi connectivity index (χ1n) is 20.0. The third kappa shape index (κ3) is 5.66. The molecule has 55 heavy (non-hydrogen) atoms. The molecule has 268 valence electrons. The monoisotopic (exact) mass is 712 g/mol. The average Bonchev–Trinajstić information content (AvgIpc) is 3.74. The number of fused-ring (bicyclic) bond motifs is 8. The molecule has 0 unspecified atom stereocenters. The summed E-state index contributed by atoms with van der Waals surface area (Å²) in [6.07, 6.45) is 4.88. The van der Waals surface area contributed by atoms with Crippen LogP contribution in [-0.4, -0.2) is 11.8 Å². The van der Waals surface area contributed by atoms with Crippen molar-refractivity contribution in [2.24, 2.45) is 0 Å². The zero-order valence-corrected chi connectivity index (χ0v) is 32.2. The van der Waals surface area contributed by atoms with Gasteiger partial charge >= 0.3 is 0 Å². The largest absolute Gasteiger partial charge is 0.456 e. The highest BCUT2D eigenvalue weighted by Gasteiger charge is 2.30. The van der Waals surface area contributed by atoms with E-state index in [0.717, 1.165) is 47.0 Å². The van der Waals surface area contributed by atoms with E-state index in [9.17, 15) is 0 Å². The van der Waals surface area contributed by atoms with E-state index in [2.05, 4.69) is 177 Å². The van der Waals surface area contributed by atoms with Gasteiger partial charge in [0.25, 0.3) is 0 Å². The van der Waals surface area contributed by atoms with Crippen LogP contribution in [0.2, 0.25) is 0 Å². The summed E-state index contributed by atoms with van der Waals surface area (Å²) in [6.45, 7) is 9.20. The lowest BCUT2D eigenvalue weighted by molar-refractivity contribution is 0.591. The first kappa shape index (κ1) is 33.6. The molecule has 1 aliphatic rings. The lowest BCUT2D eigenvalue weighted by atomic mass is 9.58. The lowest BCUT2D eigenvalue weighted by Gasteiger charge is -2.25. The molecule has 0 amide bonds. The zero-order valence-electron chi connectivity index (χ0n) is 32.2. The summed E-state index contributed by atoms with van der Waals surface area (Å²) in [5, 5.41) is 8.77. The van der Waals surface area contributed by atoms with Crippen molar-refractivity contribution in [3.8, 4) is 27.9 Å². The summed E-state index contributed by atoms with van der Waals surface area (Å²) < 4.78 is 9.06. The summed E-state index contributed by atoms with van der Waals surface area (Å²) in [5.74, 6) is 0. The number of anilines is 2. The molecular formula is C51H45BN2O. The van der Waals surface area contributed by atoms with Crippen LogP contribution >= 0.6 is 0 Å². The van der Waals surface area contributed by atoms with Crippen LogP contribution in [0, 0.1) is 0 Å². The van der Waals surface area contributed by atoms with E-state index in [1.165, 1.54) is 91.1 Å². The van der Waals surface area contributed by atoms with Gasteiger partial charge in [-0.15, -0.1) is 0 Å². The van der Waals surface area contributed by atoms with Gasteiger partial charge in [-0.3, -0.25) is 0 Å². The number of nitrogens with one attached hydrogen (secondary N) is 1. The molecule has 0 bridgehead atoms. The van der Waals surface area contributed by atoms with E-state index in [1.807, 2.05) is 0 Å². The zero-order chi connectivity index (χ0) is 37.3. The summed E-state index contributed by atoms with van der Waals surface area (Å²) in [6, 6.07) is 51.6. The number of unbranched alkanes of at least 4 members (excludes halogenated alkanes) is 2. The number of aryl methyl sites for hydroxylation is 1.